The van der Waals surface area contributed by atoms with Crippen LogP contribution in [0.3, 0.4) is 0 Å². The third kappa shape index (κ3) is 2.88. The van der Waals surface area contributed by atoms with E-state index in [2.05, 4.69) is 0 Å². The minimum absolute atomic E-state index is 0.0169. The van der Waals surface area contributed by atoms with E-state index in [0.717, 1.165) is 24.9 Å². The van der Waals surface area contributed by atoms with Gasteiger partial charge in [-0.25, -0.2) is 0 Å². The molecule has 2 rings (SSSR count). The summed E-state index contributed by atoms with van der Waals surface area (Å²) >= 11 is 0. The van der Waals surface area contributed by atoms with Crippen LogP contribution in [-0.4, -0.2) is 44.2 Å². The second kappa shape index (κ2) is 6.13. The highest BCUT2D eigenvalue weighted by Crippen LogP contribution is 2.30. The maximum Gasteiger partial charge on any atom is 0.254 e. The van der Waals surface area contributed by atoms with E-state index in [9.17, 15) is 4.79 Å². The van der Waals surface area contributed by atoms with Gasteiger partial charge in [0, 0.05) is 30.3 Å². The topological polar surface area (TPSA) is 64.8 Å². The minimum atomic E-state index is -0.0169. The highest BCUT2D eigenvalue weighted by Gasteiger charge is 2.23. The lowest BCUT2D eigenvalue weighted by molar-refractivity contribution is 0.0708. The largest absolute Gasteiger partial charge is 0.496 e. The first-order valence-corrected chi connectivity index (χ1v) is 6.84. The fourth-order valence-corrected chi connectivity index (χ4v) is 2.59. The van der Waals surface area contributed by atoms with Crippen LogP contribution in [0.2, 0.25) is 0 Å². The molecule has 5 heteroatoms. The maximum atomic E-state index is 12.6. The number of hydrogen-bond donors (Lipinski definition) is 1. The summed E-state index contributed by atoms with van der Waals surface area (Å²) in [6.07, 6.45) is 1.93. The fourth-order valence-electron chi connectivity index (χ4n) is 2.59. The van der Waals surface area contributed by atoms with Crippen LogP contribution in [0.1, 0.15) is 28.8 Å². The van der Waals surface area contributed by atoms with Crippen molar-refractivity contribution < 1.29 is 14.3 Å². The molecule has 1 aromatic rings. The second-order valence-corrected chi connectivity index (χ2v) is 5.16. The Bertz CT molecular complexity index is 477. The minimum Gasteiger partial charge on any atom is -0.496 e. The molecule has 2 N–H and O–H groups in total. The average molecular weight is 278 g/mol. The van der Waals surface area contributed by atoms with E-state index in [-0.39, 0.29) is 11.9 Å². The predicted molar refractivity (Wildman–Crippen MR) is 77.4 cm³/mol. The SMILES string of the molecule is COc1cc(C(=O)N2CCCC(N)C2)cc(OC)c1C. The van der Waals surface area contributed by atoms with E-state index in [4.69, 9.17) is 15.2 Å². The third-order valence-electron chi connectivity index (χ3n) is 3.74. The second-order valence-electron chi connectivity index (χ2n) is 5.16. The van der Waals surface area contributed by atoms with Gasteiger partial charge in [-0.15, -0.1) is 0 Å². The van der Waals surface area contributed by atoms with Crippen molar-refractivity contribution in [2.45, 2.75) is 25.8 Å². The molecule has 1 aliphatic heterocycles. The molecule has 0 radical (unpaired) electrons. The molecule has 0 aromatic heterocycles. The Kier molecular flexibility index (Phi) is 4.49. The lowest BCUT2D eigenvalue weighted by Gasteiger charge is -2.31. The molecule has 0 aliphatic carbocycles. The van der Waals surface area contributed by atoms with Crippen LogP contribution < -0.4 is 15.2 Å². The van der Waals surface area contributed by atoms with E-state index in [0.29, 0.717) is 23.6 Å². The Hall–Kier alpha value is -1.75. The molecule has 1 unspecified atom stereocenters. The highest BCUT2D eigenvalue weighted by atomic mass is 16.5. The van der Waals surface area contributed by atoms with Crippen LogP contribution >= 0.6 is 0 Å². The van der Waals surface area contributed by atoms with E-state index in [1.807, 2.05) is 6.92 Å². The molecule has 20 heavy (non-hydrogen) atoms. The van der Waals surface area contributed by atoms with Crippen molar-refractivity contribution in [3.63, 3.8) is 0 Å². The number of benzene rings is 1. The normalized spacial score (nSPS) is 18.8. The van der Waals surface area contributed by atoms with Gasteiger partial charge in [-0.1, -0.05) is 0 Å². The quantitative estimate of drug-likeness (QED) is 0.911. The van der Waals surface area contributed by atoms with Gasteiger partial charge in [0.15, 0.2) is 0 Å². The summed E-state index contributed by atoms with van der Waals surface area (Å²) < 4.78 is 10.6. The number of piperidine rings is 1. The standard InChI is InChI=1S/C15H22N2O3/c1-10-13(19-2)7-11(8-14(10)20-3)15(18)17-6-4-5-12(16)9-17/h7-8,12H,4-6,9,16H2,1-3H3. The number of nitrogens with two attached hydrogens (primary N) is 1. The summed E-state index contributed by atoms with van der Waals surface area (Å²) in [6, 6.07) is 3.60. The molecular formula is C15H22N2O3. The smallest absolute Gasteiger partial charge is 0.254 e. The first kappa shape index (κ1) is 14.7. The fraction of sp³-hybridized carbons (Fsp3) is 0.533. The van der Waals surface area contributed by atoms with Crippen molar-refractivity contribution in [1.29, 1.82) is 0 Å². The highest BCUT2D eigenvalue weighted by molar-refractivity contribution is 5.95. The number of likely N-dealkylation sites (tertiary alicyclic amines) is 1. The lowest BCUT2D eigenvalue weighted by Crippen LogP contribution is -2.45. The zero-order chi connectivity index (χ0) is 14.7. The van der Waals surface area contributed by atoms with Crippen molar-refractivity contribution in [3.8, 4) is 11.5 Å². The maximum absolute atomic E-state index is 12.6. The average Bonchev–Trinajstić information content (AvgIpc) is 2.46. The molecule has 0 bridgehead atoms. The molecule has 0 spiro atoms. The van der Waals surface area contributed by atoms with E-state index >= 15 is 0 Å². The lowest BCUT2D eigenvalue weighted by atomic mass is 10.0. The molecule has 0 saturated carbocycles. The third-order valence-corrected chi connectivity index (χ3v) is 3.74. The molecule has 1 aromatic carbocycles. The van der Waals surface area contributed by atoms with Crippen LogP contribution in [0.4, 0.5) is 0 Å². The summed E-state index contributed by atoms with van der Waals surface area (Å²) in [7, 11) is 3.18. The van der Waals surface area contributed by atoms with Crippen LogP contribution in [-0.2, 0) is 0 Å². The summed E-state index contributed by atoms with van der Waals surface area (Å²) in [4.78, 5) is 14.4. The van der Waals surface area contributed by atoms with Crippen LogP contribution in [0.5, 0.6) is 11.5 Å². The Morgan fingerprint density at radius 2 is 1.90 bits per heavy atom. The zero-order valence-corrected chi connectivity index (χ0v) is 12.3. The monoisotopic (exact) mass is 278 g/mol. The number of ether oxygens (including phenoxy) is 2. The number of hydrogen-bond acceptors (Lipinski definition) is 4. The summed E-state index contributed by atoms with van der Waals surface area (Å²) in [6.45, 7) is 3.27. The predicted octanol–water partition coefficient (Wildman–Crippen LogP) is 1.58. The Morgan fingerprint density at radius 3 is 2.40 bits per heavy atom. The molecule has 1 heterocycles. The number of rotatable bonds is 3. The van der Waals surface area contributed by atoms with Gasteiger partial charge in [0.1, 0.15) is 11.5 Å². The van der Waals surface area contributed by atoms with Crippen molar-refractivity contribution in [2.75, 3.05) is 27.3 Å². The van der Waals surface area contributed by atoms with E-state index < -0.39 is 0 Å². The number of carbonyl (C=O) groups is 1. The Balaban J connectivity index is 2.29. The molecule has 1 atom stereocenters. The van der Waals surface area contributed by atoms with Crippen molar-refractivity contribution in [2.24, 2.45) is 5.73 Å². The zero-order valence-electron chi connectivity index (χ0n) is 12.3. The molecule has 110 valence electrons. The molecule has 1 fully saturated rings. The van der Waals surface area contributed by atoms with Crippen LogP contribution in [0, 0.1) is 6.92 Å². The molecule has 1 amide bonds. The van der Waals surface area contributed by atoms with Gasteiger partial charge in [0.25, 0.3) is 5.91 Å². The summed E-state index contributed by atoms with van der Waals surface area (Å²) in [5.74, 6) is 1.31. The summed E-state index contributed by atoms with van der Waals surface area (Å²) in [5, 5.41) is 0. The van der Waals surface area contributed by atoms with Gasteiger partial charge in [0.2, 0.25) is 0 Å². The molecular weight excluding hydrogens is 256 g/mol. The first-order valence-electron chi connectivity index (χ1n) is 6.84. The van der Waals surface area contributed by atoms with Crippen molar-refractivity contribution in [3.05, 3.63) is 23.3 Å². The van der Waals surface area contributed by atoms with E-state index in [1.165, 1.54) is 0 Å². The van der Waals surface area contributed by atoms with Crippen molar-refractivity contribution >= 4 is 5.91 Å². The van der Waals surface area contributed by atoms with Crippen LogP contribution in [0.25, 0.3) is 0 Å². The van der Waals surface area contributed by atoms with Crippen LogP contribution in [0.15, 0.2) is 12.1 Å². The van der Waals surface area contributed by atoms with E-state index in [1.54, 1.807) is 31.3 Å². The van der Waals surface area contributed by atoms with Gasteiger partial charge >= 0.3 is 0 Å². The van der Waals surface area contributed by atoms with Gasteiger partial charge in [-0.3, -0.25) is 4.79 Å². The van der Waals surface area contributed by atoms with Crippen molar-refractivity contribution in [1.82, 2.24) is 4.90 Å². The van der Waals surface area contributed by atoms with Gasteiger partial charge < -0.3 is 20.1 Å². The van der Waals surface area contributed by atoms with Gasteiger partial charge in [-0.05, 0) is 31.9 Å². The molecule has 1 aliphatic rings. The number of methoxy groups -OCH3 is 2. The number of carbonyl (C=O) groups excluding carboxylic acids is 1. The Morgan fingerprint density at radius 1 is 1.30 bits per heavy atom. The number of nitrogens with zero attached hydrogens (tertiary/aromatic N) is 1. The Labute approximate surface area is 119 Å². The summed E-state index contributed by atoms with van der Waals surface area (Å²) in [5.41, 5.74) is 7.41. The number of amides is 1. The first-order chi connectivity index (χ1) is 9.56. The molecule has 1 saturated heterocycles. The molecule has 5 nitrogen and oxygen atoms in total. The van der Waals surface area contributed by atoms with Gasteiger partial charge in [0.05, 0.1) is 14.2 Å². The van der Waals surface area contributed by atoms with Gasteiger partial charge in [-0.2, -0.15) is 0 Å².